The summed E-state index contributed by atoms with van der Waals surface area (Å²) in [4.78, 5) is 18.9. The highest BCUT2D eigenvalue weighted by molar-refractivity contribution is 7.92. The van der Waals surface area contributed by atoms with Gasteiger partial charge in [0.1, 0.15) is 5.75 Å². The maximum absolute atomic E-state index is 13.2. The Bertz CT molecular complexity index is 1250. The van der Waals surface area contributed by atoms with Crippen molar-refractivity contribution < 1.29 is 17.9 Å². The molecule has 8 heteroatoms. The van der Waals surface area contributed by atoms with Gasteiger partial charge in [-0.05, 0) is 68.3 Å². The van der Waals surface area contributed by atoms with Crippen LogP contribution in [0.3, 0.4) is 0 Å². The molecule has 7 nitrogen and oxygen atoms in total. The number of ether oxygens (including phenoxy) is 1. The molecule has 0 bridgehead atoms. The van der Waals surface area contributed by atoms with E-state index in [1.807, 2.05) is 32.9 Å². The zero-order chi connectivity index (χ0) is 21.5. The van der Waals surface area contributed by atoms with Gasteiger partial charge in [0.25, 0.3) is 15.9 Å². The number of aryl methyl sites for hydroxylation is 2. The molecular weight excluding hydrogens is 402 g/mol. The van der Waals surface area contributed by atoms with Crippen LogP contribution < -0.4 is 14.4 Å². The van der Waals surface area contributed by atoms with Gasteiger partial charge in [0.05, 0.1) is 16.1 Å². The van der Waals surface area contributed by atoms with E-state index in [0.717, 1.165) is 11.1 Å². The fraction of sp³-hybridized carbons (Fsp3) is 0.182. The molecule has 1 N–H and O–H groups in total. The highest BCUT2D eigenvalue weighted by Gasteiger charge is 2.30. The van der Waals surface area contributed by atoms with Crippen molar-refractivity contribution in [1.29, 1.82) is 0 Å². The van der Waals surface area contributed by atoms with Gasteiger partial charge in [-0.2, -0.15) is 0 Å². The SMILES string of the molecule is CCN1C(=O)c2cc(S(=O)(=O)Nc3cc(C)ccc3C)ccc2Oc2cccnc21. The van der Waals surface area contributed by atoms with Crippen molar-refractivity contribution in [2.24, 2.45) is 0 Å². The quantitative estimate of drug-likeness (QED) is 0.677. The van der Waals surface area contributed by atoms with E-state index in [-0.39, 0.29) is 22.1 Å². The van der Waals surface area contributed by atoms with E-state index in [4.69, 9.17) is 4.74 Å². The molecule has 1 aliphatic rings. The molecule has 1 amide bonds. The topological polar surface area (TPSA) is 88.6 Å². The van der Waals surface area contributed by atoms with Crippen LogP contribution in [0.25, 0.3) is 0 Å². The number of anilines is 2. The maximum atomic E-state index is 13.2. The first kappa shape index (κ1) is 19.9. The van der Waals surface area contributed by atoms with Crippen molar-refractivity contribution in [2.45, 2.75) is 25.7 Å². The van der Waals surface area contributed by atoms with E-state index in [0.29, 0.717) is 23.8 Å². The summed E-state index contributed by atoms with van der Waals surface area (Å²) in [6.07, 6.45) is 1.58. The predicted octanol–water partition coefficient (Wildman–Crippen LogP) is 4.27. The predicted molar refractivity (Wildman–Crippen MR) is 115 cm³/mol. The summed E-state index contributed by atoms with van der Waals surface area (Å²) < 4.78 is 34.6. The number of fused-ring (bicyclic) bond motifs is 2. The minimum atomic E-state index is -3.90. The summed E-state index contributed by atoms with van der Waals surface area (Å²) in [5, 5.41) is 0. The number of sulfonamides is 1. The fourth-order valence-corrected chi connectivity index (χ4v) is 4.45. The monoisotopic (exact) mass is 423 g/mol. The second kappa shape index (κ2) is 7.46. The van der Waals surface area contributed by atoms with Crippen LogP contribution >= 0.6 is 0 Å². The van der Waals surface area contributed by atoms with Crippen LogP contribution in [0.15, 0.2) is 59.6 Å². The molecule has 0 saturated heterocycles. The summed E-state index contributed by atoms with van der Waals surface area (Å²) >= 11 is 0. The molecule has 2 heterocycles. The van der Waals surface area contributed by atoms with Crippen molar-refractivity contribution in [3.05, 3.63) is 71.4 Å². The molecule has 0 aliphatic carbocycles. The van der Waals surface area contributed by atoms with Gasteiger partial charge in [0.2, 0.25) is 0 Å². The summed E-state index contributed by atoms with van der Waals surface area (Å²) in [5.74, 6) is 0.763. The summed E-state index contributed by atoms with van der Waals surface area (Å²) in [6.45, 7) is 5.91. The van der Waals surface area contributed by atoms with Gasteiger partial charge in [0, 0.05) is 12.7 Å². The Kier molecular flexibility index (Phi) is 4.95. The van der Waals surface area contributed by atoms with Crippen molar-refractivity contribution in [2.75, 3.05) is 16.2 Å². The molecule has 3 aromatic rings. The number of benzene rings is 2. The lowest BCUT2D eigenvalue weighted by Crippen LogP contribution is -2.30. The summed E-state index contributed by atoms with van der Waals surface area (Å²) in [6, 6.07) is 13.3. The average Bonchev–Trinajstić information content (AvgIpc) is 2.83. The van der Waals surface area contributed by atoms with Gasteiger partial charge < -0.3 is 4.74 Å². The van der Waals surface area contributed by atoms with Crippen LogP contribution in [0.5, 0.6) is 11.5 Å². The Hall–Kier alpha value is -3.39. The van der Waals surface area contributed by atoms with E-state index >= 15 is 0 Å². The Morgan fingerprint density at radius 2 is 1.87 bits per heavy atom. The summed E-state index contributed by atoms with van der Waals surface area (Å²) in [7, 11) is -3.90. The number of hydrogen-bond acceptors (Lipinski definition) is 5. The highest BCUT2D eigenvalue weighted by Crippen LogP contribution is 2.38. The number of nitrogens with zero attached hydrogens (tertiary/aromatic N) is 2. The molecule has 1 aliphatic heterocycles. The zero-order valence-corrected chi connectivity index (χ0v) is 17.7. The minimum absolute atomic E-state index is 0.0194. The van der Waals surface area contributed by atoms with E-state index in [9.17, 15) is 13.2 Å². The van der Waals surface area contributed by atoms with Crippen molar-refractivity contribution in [1.82, 2.24) is 4.98 Å². The number of amides is 1. The minimum Gasteiger partial charge on any atom is -0.453 e. The molecular formula is C22H21N3O4S. The third-order valence-electron chi connectivity index (χ3n) is 4.92. The van der Waals surface area contributed by atoms with Gasteiger partial charge in [0.15, 0.2) is 11.6 Å². The fourth-order valence-electron chi connectivity index (χ4n) is 3.30. The average molecular weight is 423 g/mol. The van der Waals surface area contributed by atoms with Crippen LogP contribution in [0, 0.1) is 13.8 Å². The molecule has 0 spiro atoms. The lowest BCUT2D eigenvalue weighted by atomic mass is 10.1. The van der Waals surface area contributed by atoms with Crippen LogP contribution in [-0.4, -0.2) is 25.9 Å². The smallest absolute Gasteiger partial charge is 0.263 e. The Morgan fingerprint density at radius 1 is 1.07 bits per heavy atom. The Morgan fingerprint density at radius 3 is 2.63 bits per heavy atom. The van der Waals surface area contributed by atoms with Gasteiger partial charge in [-0.15, -0.1) is 0 Å². The number of aromatic nitrogens is 1. The Labute approximate surface area is 175 Å². The lowest BCUT2D eigenvalue weighted by Gasteiger charge is -2.18. The second-order valence-corrected chi connectivity index (χ2v) is 8.74. The number of nitrogens with one attached hydrogen (secondary N) is 1. The van der Waals surface area contributed by atoms with Crippen molar-refractivity contribution in [3.8, 4) is 11.5 Å². The maximum Gasteiger partial charge on any atom is 0.263 e. The standard InChI is InChI=1S/C22H21N3O4S/c1-4-25-21-20(6-5-11-23-21)29-19-10-9-16(13-17(19)22(25)26)30(27,28)24-18-12-14(2)7-8-15(18)3/h5-13,24H,4H2,1-3H3. The third-order valence-corrected chi connectivity index (χ3v) is 6.28. The number of carbonyl (C=O) groups excluding carboxylic acids is 1. The molecule has 30 heavy (non-hydrogen) atoms. The molecule has 154 valence electrons. The third kappa shape index (κ3) is 3.50. The van der Waals surface area contributed by atoms with Gasteiger partial charge in [-0.1, -0.05) is 12.1 Å². The van der Waals surface area contributed by atoms with E-state index in [1.165, 1.54) is 23.1 Å². The van der Waals surface area contributed by atoms with E-state index < -0.39 is 10.0 Å². The molecule has 1 aromatic heterocycles. The first-order valence-electron chi connectivity index (χ1n) is 9.49. The summed E-state index contributed by atoms with van der Waals surface area (Å²) in [5.41, 5.74) is 2.41. The molecule has 2 aromatic carbocycles. The lowest BCUT2D eigenvalue weighted by molar-refractivity contribution is 0.0987. The van der Waals surface area contributed by atoms with Crippen molar-refractivity contribution in [3.63, 3.8) is 0 Å². The van der Waals surface area contributed by atoms with Crippen LogP contribution in [0.4, 0.5) is 11.5 Å². The van der Waals surface area contributed by atoms with Gasteiger partial charge in [-0.3, -0.25) is 14.4 Å². The molecule has 0 saturated carbocycles. The van der Waals surface area contributed by atoms with Crippen LogP contribution in [0.1, 0.15) is 28.4 Å². The number of rotatable bonds is 4. The van der Waals surface area contributed by atoms with Crippen molar-refractivity contribution >= 4 is 27.4 Å². The second-order valence-electron chi connectivity index (χ2n) is 7.06. The molecule has 0 atom stereocenters. The first-order valence-corrected chi connectivity index (χ1v) is 11.0. The van der Waals surface area contributed by atoms with Gasteiger partial charge in [-0.25, -0.2) is 13.4 Å². The number of pyridine rings is 1. The molecule has 4 rings (SSSR count). The van der Waals surface area contributed by atoms with Crippen LogP contribution in [-0.2, 0) is 10.0 Å². The number of hydrogen-bond donors (Lipinski definition) is 1. The van der Waals surface area contributed by atoms with E-state index in [1.54, 1.807) is 24.4 Å². The van der Waals surface area contributed by atoms with Crippen LogP contribution in [0.2, 0.25) is 0 Å². The van der Waals surface area contributed by atoms with E-state index in [2.05, 4.69) is 9.71 Å². The molecule has 0 unspecified atom stereocenters. The van der Waals surface area contributed by atoms with Gasteiger partial charge >= 0.3 is 0 Å². The Balaban J connectivity index is 1.76. The molecule has 0 fully saturated rings. The number of carbonyl (C=O) groups is 1. The zero-order valence-electron chi connectivity index (χ0n) is 16.8. The largest absolute Gasteiger partial charge is 0.453 e. The normalized spacial score (nSPS) is 13.2. The molecule has 0 radical (unpaired) electrons. The highest BCUT2D eigenvalue weighted by atomic mass is 32.2. The first-order chi connectivity index (χ1) is 14.3.